The van der Waals surface area contributed by atoms with Crippen molar-refractivity contribution in [1.29, 1.82) is 0 Å². The number of anilines is 1. The van der Waals surface area contributed by atoms with Gasteiger partial charge in [0.25, 0.3) is 0 Å². The predicted molar refractivity (Wildman–Crippen MR) is 120 cm³/mol. The minimum atomic E-state index is -0.152. The van der Waals surface area contributed by atoms with Crippen LogP contribution in [0, 0.1) is 11.3 Å². The Bertz CT molecular complexity index is 523. The van der Waals surface area contributed by atoms with Gasteiger partial charge >= 0.3 is 0 Å². The summed E-state index contributed by atoms with van der Waals surface area (Å²) in [6, 6.07) is 8.14. The van der Waals surface area contributed by atoms with E-state index in [1.165, 1.54) is 32.1 Å². The first kappa shape index (κ1) is 23.4. The number of hydrogen-bond acceptors (Lipinski definition) is 3. The van der Waals surface area contributed by atoms with Gasteiger partial charge in [-0.3, -0.25) is 4.79 Å². The van der Waals surface area contributed by atoms with Gasteiger partial charge in [0.15, 0.2) is 0 Å². The molecule has 0 saturated heterocycles. The highest BCUT2D eigenvalue weighted by Crippen LogP contribution is 2.44. The molecule has 2 rings (SSSR count). The maximum absolute atomic E-state index is 13.2. The number of carbonyl (C=O) groups is 1. The zero-order valence-corrected chi connectivity index (χ0v) is 18.9. The fraction of sp³-hybridized carbons (Fsp3) is 0.682. The lowest BCUT2D eigenvalue weighted by molar-refractivity contribution is -0.128. The second-order valence-corrected chi connectivity index (χ2v) is 8.95. The van der Waals surface area contributed by atoms with Gasteiger partial charge in [0.1, 0.15) is 0 Å². The van der Waals surface area contributed by atoms with Crippen LogP contribution >= 0.6 is 23.5 Å². The molecule has 4 heteroatoms. The summed E-state index contributed by atoms with van der Waals surface area (Å²) in [6.45, 7) is 4.51. The maximum atomic E-state index is 13.2. The van der Waals surface area contributed by atoms with E-state index in [-0.39, 0.29) is 11.3 Å². The second kappa shape index (κ2) is 12.7. The lowest BCUT2D eigenvalue weighted by Gasteiger charge is -2.38. The highest BCUT2D eigenvalue weighted by Gasteiger charge is 2.40. The molecule has 0 atom stereocenters. The standard InChI is InChI=1S/C20H31NOS.C2H6S/c1-4-16(5-2)15-20(13-9-6-10-14-20)19(22)21-17-11-7-8-12-18(17)23-3;1-3-2/h7-8,11-12,16H,4-6,9-10,13-15H2,1-3H3,(H,21,22);1-2H3. The third-order valence-corrected chi connectivity index (χ3v) is 6.28. The molecule has 1 fully saturated rings. The molecule has 1 aromatic carbocycles. The van der Waals surface area contributed by atoms with Crippen LogP contribution < -0.4 is 5.32 Å². The van der Waals surface area contributed by atoms with E-state index in [9.17, 15) is 4.79 Å². The summed E-state index contributed by atoms with van der Waals surface area (Å²) in [5.74, 6) is 0.917. The molecule has 0 aliphatic heterocycles. The number of carbonyl (C=O) groups excluding carboxylic acids is 1. The van der Waals surface area contributed by atoms with Crippen LogP contribution in [0.15, 0.2) is 29.2 Å². The molecule has 26 heavy (non-hydrogen) atoms. The van der Waals surface area contributed by atoms with Crippen LogP contribution in [-0.4, -0.2) is 24.7 Å². The van der Waals surface area contributed by atoms with Crippen LogP contribution in [0.5, 0.6) is 0 Å². The van der Waals surface area contributed by atoms with Gasteiger partial charge in [-0.05, 0) is 56.1 Å². The van der Waals surface area contributed by atoms with Crippen molar-refractivity contribution in [2.75, 3.05) is 24.1 Å². The molecule has 0 spiro atoms. The molecule has 1 aromatic rings. The number of nitrogens with one attached hydrogen (secondary N) is 1. The smallest absolute Gasteiger partial charge is 0.230 e. The normalized spacial score (nSPS) is 15.9. The monoisotopic (exact) mass is 395 g/mol. The summed E-state index contributed by atoms with van der Waals surface area (Å²) >= 11 is 3.44. The minimum absolute atomic E-state index is 0.152. The largest absolute Gasteiger partial charge is 0.325 e. The lowest BCUT2D eigenvalue weighted by atomic mass is 9.67. The van der Waals surface area contributed by atoms with Gasteiger partial charge in [0.2, 0.25) is 5.91 Å². The molecule has 1 saturated carbocycles. The molecule has 0 radical (unpaired) electrons. The molecule has 1 N–H and O–H groups in total. The zero-order valence-electron chi connectivity index (χ0n) is 17.3. The Morgan fingerprint density at radius 1 is 1.08 bits per heavy atom. The van der Waals surface area contributed by atoms with Crippen molar-refractivity contribution in [3.05, 3.63) is 24.3 Å². The van der Waals surface area contributed by atoms with Crippen molar-refractivity contribution in [3.8, 4) is 0 Å². The number of para-hydroxylation sites is 1. The van der Waals surface area contributed by atoms with Crippen LogP contribution in [0.1, 0.15) is 65.2 Å². The first-order valence-electron chi connectivity index (χ1n) is 9.91. The molecule has 0 aromatic heterocycles. The molecule has 1 aliphatic carbocycles. The Labute approximate surface area is 169 Å². The summed E-state index contributed by atoms with van der Waals surface area (Å²) in [5, 5.41) is 3.27. The quantitative estimate of drug-likeness (QED) is 0.499. The Balaban J connectivity index is 0.00000105. The van der Waals surface area contributed by atoms with Crippen LogP contribution in [0.25, 0.3) is 0 Å². The first-order chi connectivity index (χ1) is 12.6. The number of thioether (sulfide) groups is 2. The fourth-order valence-corrected chi connectivity index (χ4v) is 4.44. The molecule has 148 valence electrons. The molecular formula is C22H37NOS2. The van der Waals surface area contributed by atoms with E-state index in [0.29, 0.717) is 5.92 Å². The van der Waals surface area contributed by atoms with E-state index in [1.54, 1.807) is 23.5 Å². The third-order valence-electron chi connectivity index (χ3n) is 5.48. The Morgan fingerprint density at radius 3 is 2.19 bits per heavy atom. The maximum Gasteiger partial charge on any atom is 0.230 e. The van der Waals surface area contributed by atoms with Gasteiger partial charge in [0.05, 0.1) is 5.69 Å². The summed E-state index contributed by atoms with van der Waals surface area (Å²) < 4.78 is 0. The molecule has 1 aliphatic rings. The van der Waals surface area contributed by atoms with Gasteiger partial charge < -0.3 is 5.32 Å². The van der Waals surface area contributed by atoms with E-state index in [4.69, 9.17) is 0 Å². The summed E-state index contributed by atoms with van der Waals surface area (Å²) in [4.78, 5) is 14.4. The summed E-state index contributed by atoms with van der Waals surface area (Å²) in [6.07, 6.45) is 15.3. The third kappa shape index (κ3) is 6.84. The van der Waals surface area contributed by atoms with Crippen LogP contribution in [-0.2, 0) is 4.79 Å². The fourth-order valence-electron chi connectivity index (χ4n) is 3.89. The number of hydrogen-bond donors (Lipinski definition) is 1. The van der Waals surface area contributed by atoms with E-state index in [1.807, 2.05) is 30.7 Å². The second-order valence-electron chi connectivity index (χ2n) is 7.29. The van der Waals surface area contributed by atoms with Crippen molar-refractivity contribution in [3.63, 3.8) is 0 Å². The molecule has 0 unspecified atom stereocenters. The van der Waals surface area contributed by atoms with Crippen LogP contribution in [0.2, 0.25) is 0 Å². The predicted octanol–water partition coefficient (Wildman–Crippen LogP) is 7.10. The van der Waals surface area contributed by atoms with Crippen LogP contribution in [0.4, 0.5) is 5.69 Å². The van der Waals surface area contributed by atoms with E-state index in [0.717, 1.165) is 29.8 Å². The van der Waals surface area contributed by atoms with Crippen molar-refractivity contribution < 1.29 is 4.79 Å². The van der Waals surface area contributed by atoms with Gasteiger partial charge in [0, 0.05) is 10.3 Å². The van der Waals surface area contributed by atoms with E-state index >= 15 is 0 Å². The highest BCUT2D eigenvalue weighted by atomic mass is 32.2. The van der Waals surface area contributed by atoms with Gasteiger partial charge in [-0.1, -0.05) is 58.1 Å². The van der Waals surface area contributed by atoms with Crippen molar-refractivity contribution in [2.24, 2.45) is 11.3 Å². The molecule has 0 heterocycles. The van der Waals surface area contributed by atoms with Crippen molar-refractivity contribution in [1.82, 2.24) is 0 Å². The number of amides is 1. The number of rotatable bonds is 7. The number of benzene rings is 1. The van der Waals surface area contributed by atoms with E-state index in [2.05, 4.69) is 31.5 Å². The van der Waals surface area contributed by atoms with Gasteiger partial charge in [-0.25, -0.2) is 0 Å². The minimum Gasteiger partial charge on any atom is -0.325 e. The Kier molecular flexibility index (Phi) is 11.5. The average Bonchev–Trinajstić information content (AvgIpc) is 2.68. The summed E-state index contributed by atoms with van der Waals surface area (Å²) in [7, 11) is 0. The average molecular weight is 396 g/mol. The first-order valence-corrected chi connectivity index (χ1v) is 12.8. The Morgan fingerprint density at radius 2 is 1.65 bits per heavy atom. The van der Waals surface area contributed by atoms with Gasteiger partial charge in [-0.15, -0.1) is 11.8 Å². The molecule has 1 amide bonds. The van der Waals surface area contributed by atoms with Crippen molar-refractivity contribution >= 4 is 35.1 Å². The van der Waals surface area contributed by atoms with Crippen molar-refractivity contribution in [2.45, 2.75) is 70.1 Å². The molecular weight excluding hydrogens is 358 g/mol. The molecule has 2 nitrogen and oxygen atoms in total. The Hall–Kier alpha value is -0.610. The summed E-state index contributed by atoms with van der Waals surface area (Å²) in [5.41, 5.74) is 0.819. The zero-order chi connectivity index (χ0) is 19.4. The SMILES string of the molecule is CCC(CC)CC1(C(=O)Nc2ccccc2SC)CCCCC1.CSC. The van der Waals surface area contributed by atoms with Gasteiger partial charge in [-0.2, -0.15) is 11.8 Å². The highest BCUT2D eigenvalue weighted by molar-refractivity contribution is 7.98. The van der Waals surface area contributed by atoms with E-state index < -0.39 is 0 Å². The topological polar surface area (TPSA) is 29.1 Å². The van der Waals surface area contributed by atoms with Crippen LogP contribution in [0.3, 0.4) is 0 Å². The lowest BCUT2D eigenvalue weighted by Crippen LogP contribution is -2.39. The molecule has 0 bridgehead atoms.